The van der Waals surface area contributed by atoms with Gasteiger partial charge in [0.1, 0.15) is 21.9 Å². The highest BCUT2D eigenvalue weighted by Gasteiger charge is 2.34. The number of nitrogens with two attached hydrogens (primary N) is 1. The number of nitrogens with zero attached hydrogens (tertiary/aromatic N) is 2. The lowest BCUT2D eigenvalue weighted by atomic mass is 9.89. The number of rotatable bonds is 6. The first-order valence-electron chi connectivity index (χ1n) is 8.59. The number of alkyl halides is 1. The van der Waals surface area contributed by atoms with Gasteiger partial charge in [0.05, 0.1) is 11.6 Å². The van der Waals surface area contributed by atoms with Crippen molar-refractivity contribution < 1.29 is 23.9 Å². The maximum Gasteiger partial charge on any atom is 0.356 e. The molecule has 0 aromatic carbocycles. The minimum absolute atomic E-state index is 0.0458. The van der Waals surface area contributed by atoms with Crippen molar-refractivity contribution in [3.8, 4) is 0 Å². The van der Waals surface area contributed by atoms with E-state index >= 15 is 0 Å². The number of hydrogen-bond acceptors (Lipinski definition) is 6. The topological polar surface area (TPSA) is 129 Å². The van der Waals surface area contributed by atoms with Crippen molar-refractivity contribution in [2.24, 2.45) is 11.7 Å². The number of aromatic nitrogens is 2. The first-order chi connectivity index (χ1) is 13.6. The number of carboxylic acids is 1. The fraction of sp³-hybridized carbons (Fsp3) is 0.412. The number of nitrogens with one attached hydrogen (secondary N) is 1. The molecule has 2 aromatic rings. The molecule has 1 saturated heterocycles. The number of thiazole rings is 1. The van der Waals surface area contributed by atoms with Gasteiger partial charge in [-0.2, -0.15) is 0 Å². The van der Waals surface area contributed by atoms with Gasteiger partial charge in [0, 0.05) is 24.4 Å². The van der Waals surface area contributed by atoms with Crippen molar-refractivity contribution in [3.63, 3.8) is 0 Å². The lowest BCUT2D eigenvalue weighted by Gasteiger charge is -2.34. The van der Waals surface area contributed by atoms with Gasteiger partial charge >= 0.3 is 5.97 Å². The van der Waals surface area contributed by atoms with Gasteiger partial charge < -0.3 is 20.7 Å². The smallest absolute Gasteiger partial charge is 0.356 e. The van der Waals surface area contributed by atoms with Crippen molar-refractivity contribution >= 4 is 57.3 Å². The average molecular weight is 463 g/mol. The summed E-state index contributed by atoms with van der Waals surface area (Å²) in [6.45, 7) is 1.94. The third-order valence-electron chi connectivity index (χ3n) is 4.83. The monoisotopic (exact) mass is 462 g/mol. The molecule has 12 heteroatoms. The van der Waals surface area contributed by atoms with E-state index in [2.05, 4.69) is 9.97 Å². The molecule has 0 radical (unpaired) electrons. The number of piperidine rings is 1. The van der Waals surface area contributed by atoms with E-state index in [0.717, 1.165) is 11.3 Å². The average Bonchev–Trinajstić information content (AvgIpc) is 3.21. The van der Waals surface area contributed by atoms with E-state index in [1.165, 1.54) is 0 Å². The first-order valence-corrected chi connectivity index (χ1v) is 10.2. The van der Waals surface area contributed by atoms with Crippen LogP contribution in [0.1, 0.15) is 49.1 Å². The maximum absolute atomic E-state index is 14.8. The minimum atomic E-state index is -1.38. The number of Topliss-reactive ketones (excluding diaryl/α,β-unsaturated/α-hetero) is 1. The lowest BCUT2D eigenvalue weighted by Crippen LogP contribution is -2.42. The predicted molar refractivity (Wildman–Crippen MR) is 107 cm³/mol. The molecule has 3 rings (SSSR count). The Morgan fingerprint density at radius 1 is 1.41 bits per heavy atom. The molecule has 1 aliphatic rings. The summed E-state index contributed by atoms with van der Waals surface area (Å²) in [5.41, 5.74) is 5.48. The van der Waals surface area contributed by atoms with Gasteiger partial charge in [-0.05, 0) is 13.3 Å². The molecule has 0 saturated carbocycles. The zero-order chi connectivity index (χ0) is 21.5. The second kappa shape index (κ2) is 8.29. The van der Waals surface area contributed by atoms with Gasteiger partial charge in [-0.25, -0.2) is 14.2 Å². The summed E-state index contributed by atoms with van der Waals surface area (Å²) >= 11 is 12.9. The molecule has 29 heavy (non-hydrogen) atoms. The van der Waals surface area contributed by atoms with Crippen LogP contribution in [-0.4, -0.2) is 52.0 Å². The molecule has 8 nitrogen and oxygen atoms in total. The van der Waals surface area contributed by atoms with Crippen LogP contribution < -0.4 is 10.6 Å². The Hall–Kier alpha value is -2.17. The predicted octanol–water partition coefficient (Wildman–Crippen LogP) is 3.32. The van der Waals surface area contributed by atoms with Gasteiger partial charge in [-0.3, -0.25) is 9.59 Å². The van der Waals surface area contributed by atoms with E-state index in [1.54, 1.807) is 11.8 Å². The Balaban J connectivity index is 1.70. The Morgan fingerprint density at radius 3 is 2.59 bits per heavy atom. The van der Waals surface area contributed by atoms with Crippen LogP contribution in [0.25, 0.3) is 0 Å². The van der Waals surface area contributed by atoms with Crippen LogP contribution in [0, 0.1) is 12.8 Å². The normalized spacial score (nSPS) is 19.4. The van der Waals surface area contributed by atoms with Gasteiger partial charge in [0.2, 0.25) is 0 Å². The second-order valence-corrected chi connectivity index (χ2v) is 8.47. The van der Waals surface area contributed by atoms with Crippen molar-refractivity contribution in [3.05, 3.63) is 32.0 Å². The van der Waals surface area contributed by atoms with E-state index < -0.39 is 29.7 Å². The largest absolute Gasteiger partial charge is 0.476 e. The van der Waals surface area contributed by atoms with Crippen LogP contribution in [0.3, 0.4) is 0 Å². The molecule has 2 aromatic heterocycles. The molecule has 156 valence electrons. The van der Waals surface area contributed by atoms with Gasteiger partial charge in [0.15, 0.2) is 16.6 Å². The van der Waals surface area contributed by atoms with Crippen LogP contribution in [-0.2, 0) is 0 Å². The van der Waals surface area contributed by atoms with Crippen molar-refractivity contribution in [1.82, 2.24) is 9.97 Å². The summed E-state index contributed by atoms with van der Waals surface area (Å²) in [5, 5.41) is 9.87. The molecule has 0 bridgehead atoms. The number of carbonyl (C=O) groups is 3. The summed E-state index contributed by atoms with van der Waals surface area (Å²) in [7, 11) is 0. The van der Waals surface area contributed by atoms with Crippen LogP contribution in [0.5, 0.6) is 0 Å². The van der Waals surface area contributed by atoms with E-state index in [4.69, 9.17) is 34.0 Å². The number of anilines is 1. The quantitative estimate of drug-likeness (QED) is 0.564. The Kier molecular flexibility index (Phi) is 6.16. The Labute approximate surface area is 178 Å². The maximum atomic E-state index is 14.8. The Bertz CT molecular complexity index is 961. The number of halogens is 3. The SMILES string of the molecule is Cc1c(Cl)[nH]c(C(=O)C[C@@H]2CCN(c3nc(C(=O)O)c(C(N)=O)s3)C[C@@H]2F)c1Cl. The van der Waals surface area contributed by atoms with E-state index in [0.29, 0.717) is 18.5 Å². The highest BCUT2D eigenvalue weighted by atomic mass is 35.5. The number of hydrogen-bond donors (Lipinski definition) is 3. The van der Waals surface area contributed by atoms with E-state index in [-0.39, 0.29) is 44.6 Å². The van der Waals surface area contributed by atoms with Gasteiger partial charge in [-0.1, -0.05) is 34.5 Å². The third-order valence-corrected chi connectivity index (χ3v) is 6.81. The minimum Gasteiger partial charge on any atom is -0.476 e. The molecule has 1 amide bonds. The van der Waals surface area contributed by atoms with Crippen molar-refractivity contribution in [2.45, 2.75) is 25.9 Å². The van der Waals surface area contributed by atoms with Crippen LogP contribution >= 0.6 is 34.5 Å². The van der Waals surface area contributed by atoms with Crippen LogP contribution in [0.4, 0.5) is 9.52 Å². The molecule has 3 heterocycles. The van der Waals surface area contributed by atoms with Crippen LogP contribution in [0.15, 0.2) is 0 Å². The van der Waals surface area contributed by atoms with Crippen molar-refractivity contribution in [2.75, 3.05) is 18.0 Å². The number of aromatic amines is 1. The third kappa shape index (κ3) is 4.24. The number of amides is 1. The summed E-state index contributed by atoms with van der Waals surface area (Å²) in [6.07, 6.45) is -1.06. The summed E-state index contributed by atoms with van der Waals surface area (Å²) in [6, 6.07) is 0. The zero-order valence-electron chi connectivity index (χ0n) is 15.2. The number of carbonyl (C=O) groups excluding carboxylic acids is 2. The molecular formula is C17H17Cl2FN4O4S. The standard InChI is InChI=1S/C17H17Cl2FN4O4S/c1-6-10(18)11(22-14(6)19)9(25)4-7-2-3-24(5-8(7)20)17-23-12(16(27)28)13(29-17)15(21)26/h7-8,22H,2-5H2,1H3,(H2,21,26)(H,27,28)/t7-,8-/m0/s1. The van der Waals surface area contributed by atoms with Crippen LogP contribution in [0.2, 0.25) is 10.2 Å². The van der Waals surface area contributed by atoms with E-state index in [1.807, 2.05) is 0 Å². The van der Waals surface area contributed by atoms with Crippen molar-refractivity contribution in [1.29, 1.82) is 0 Å². The fourth-order valence-corrected chi connectivity index (χ4v) is 4.62. The highest BCUT2D eigenvalue weighted by molar-refractivity contribution is 7.17. The number of ketones is 1. The molecule has 0 spiro atoms. The molecule has 0 unspecified atom stereocenters. The second-order valence-electron chi connectivity index (χ2n) is 6.73. The summed E-state index contributed by atoms with van der Waals surface area (Å²) < 4.78 is 14.8. The number of carboxylic acid groups (broad SMARTS) is 1. The molecule has 1 fully saturated rings. The summed E-state index contributed by atoms with van der Waals surface area (Å²) in [5.74, 6) is -3.15. The summed E-state index contributed by atoms with van der Waals surface area (Å²) in [4.78, 5) is 43.2. The Morgan fingerprint density at radius 2 is 2.10 bits per heavy atom. The van der Waals surface area contributed by atoms with Gasteiger partial charge in [-0.15, -0.1) is 0 Å². The lowest BCUT2D eigenvalue weighted by molar-refractivity contribution is 0.0686. The first kappa shape index (κ1) is 21.5. The number of H-pyrrole nitrogens is 1. The number of primary amides is 1. The molecule has 0 aliphatic carbocycles. The zero-order valence-corrected chi connectivity index (χ0v) is 17.5. The molecule has 4 N–H and O–H groups in total. The van der Waals surface area contributed by atoms with E-state index in [9.17, 15) is 18.8 Å². The number of aromatic carboxylic acids is 1. The highest BCUT2D eigenvalue weighted by Crippen LogP contribution is 2.34. The van der Waals surface area contributed by atoms with Gasteiger partial charge in [0.25, 0.3) is 5.91 Å². The molecule has 2 atom stereocenters. The molecular weight excluding hydrogens is 446 g/mol. The fourth-order valence-electron chi connectivity index (χ4n) is 3.19. The molecule has 1 aliphatic heterocycles.